The van der Waals surface area contributed by atoms with Gasteiger partial charge in [0.1, 0.15) is 5.82 Å². The number of likely N-dealkylation sites (N-methyl/N-ethyl adjacent to an activating group) is 1. The van der Waals surface area contributed by atoms with E-state index in [9.17, 15) is 5.11 Å². The van der Waals surface area contributed by atoms with Crippen LogP contribution in [-0.4, -0.2) is 47.4 Å². The van der Waals surface area contributed by atoms with Crippen molar-refractivity contribution in [3.63, 3.8) is 0 Å². The first-order valence-corrected chi connectivity index (χ1v) is 7.42. The zero-order chi connectivity index (χ0) is 14.1. The minimum atomic E-state index is -0.369. The highest BCUT2D eigenvalue weighted by molar-refractivity contribution is 5.46. The molecule has 4 N–H and O–H groups in total. The number of aliphatic hydroxyl groups is 1. The van der Waals surface area contributed by atoms with Crippen LogP contribution in [0.2, 0.25) is 0 Å². The van der Waals surface area contributed by atoms with Crippen molar-refractivity contribution in [1.29, 1.82) is 0 Å². The second-order valence-electron chi connectivity index (χ2n) is 5.86. The van der Waals surface area contributed by atoms with Gasteiger partial charge >= 0.3 is 0 Å². The maximum absolute atomic E-state index is 9.99. The molecule has 0 amide bonds. The van der Waals surface area contributed by atoms with E-state index < -0.39 is 0 Å². The highest BCUT2D eigenvalue weighted by atomic mass is 16.3. The molecule has 110 valence electrons. The van der Waals surface area contributed by atoms with Gasteiger partial charge in [0.25, 0.3) is 0 Å². The summed E-state index contributed by atoms with van der Waals surface area (Å²) >= 11 is 0. The average molecular weight is 277 g/mol. The first-order chi connectivity index (χ1) is 9.67. The van der Waals surface area contributed by atoms with E-state index in [2.05, 4.69) is 26.3 Å². The fourth-order valence-corrected chi connectivity index (χ4v) is 3.32. The van der Waals surface area contributed by atoms with E-state index in [1.165, 1.54) is 25.7 Å². The first kappa shape index (κ1) is 13.6. The molecule has 1 aromatic heterocycles. The molecule has 6 heteroatoms. The summed E-state index contributed by atoms with van der Waals surface area (Å²) in [5.74, 6) is 1.70. The lowest BCUT2D eigenvalue weighted by Crippen LogP contribution is -2.36. The fraction of sp³-hybridized carbons (Fsp3) is 0.714. The summed E-state index contributed by atoms with van der Waals surface area (Å²) in [6, 6.07) is 2.14. The van der Waals surface area contributed by atoms with Crippen molar-refractivity contribution in [3.05, 3.63) is 11.8 Å². The van der Waals surface area contributed by atoms with Gasteiger partial charge in [-0.2, -0.15) is 4.98 Å². The number of anilines is 2. The Balaban J connectivity index is 1.83. The molecular formula is C14H23N5O. The minimum absolute atomic E-state index is 0.0844. The van der Waals surface area contributed by atoms with E-state index in [-0.39, 0.29) is 12.1 Å². The number of rotatable bonds is 3. The topological polar surface area (TPSA) is 87.3 Å². The third-order valence-electron chi connectivity index (χ3n) is 4.51. The molecule has 2 atom stereocenters. The maximum Gasteiger partial charge on any atom is 0.222 e. The van der Waals surface area contributed by atoms with Crippen LogP contribution in [0.5, 0.6) is 0 Å². The zero-order valence-electron chi connectivity index (χ0n) is 11.9. The van der Waals surface area contributed by atoms with Gasteiger partial charge in [0.2, 0.25) is 5.95 Å². The quantitative estimate of drug-likeness (QED) is 0.745. The number of β-amino-alcohol motifs (C(OH)–C–C–N with tert-alkyl or cyclic N) is 1. The molecule has 2 aliphatic rings. The molecule has 2 fully saturated rings. The SMILES string of the molecule is CN[C@H]1CN(c2cc(C3CCCC3)nc(N)n2)C[C@@H]1O. The average Bonchev–Trinajstić information content (AvgIpc) is 3.07. The summed E-state index contributed by atoms with van der Waals surface area (Å²) in [5, 5.41) is 13.1. The molecule has 2 heterocycles. The highest BCUT2D eigenvalue weighted by Crippen LogP contribution is 2.34. The summed E-state index contributed by atoms with van der Waals surface area (Å²) in [6.45, 7) is 1.34. The summed E-state index contributed by atoms with van der Waals surface area (Å²) in [7, 11) is 1.87. The predicted molar refractivity (Wildman–Crippen MR) is 78.7 cm³/mol. The molecule has 0 unspecified atom stereocenters. The molecule has 1 saturated heterocycles. The zero-order valence-corrected chi connectivity index (χ0v) is 11.9. The van der Waals surface area contributed by atoms with Crippen molar-refractivity contribution in [2.75, 3.05) is 30.8 Å². The Morgan fingerprint density at radius 2 is 2.05 bits per heavy atom. The largest absolute Gasteiger partial charge is 0.390 e. The predicted octanol–water partition coefficient (Wildman–Crippen LogP) is 0.485. The van der Waals surface area contributed by atoms with Gasteiger partial charge in [0.05, 0.1) is 17.8 Å². The molecule has 6 nitrogen and oxygen atoms in total. The number of hydrogen-bond donors (Lipinski definition) is 3. The van der Waals surface area contributed by atoms with E-state index in [0.29, 0.717) is 18.4 Å². The van der Waals surface area contributed by atoms with Crippen LogP contribution in [0.4, 0.5) is 11.8 Å². The molecule has 1 aromatic rings. The van der Waals surface area contributed by atoms with Crippen molar-refractivity contribution in [2.45, 2.75) is 43.7 Å². The Morgan fingerprint density at radius 3 is 2.70 bits per heavy atom. The van der Waals surface area contributed by atoms with Gasteiger partial charge in [-0.1, -0.05) is 12.8 Å². The Kier molecular flexibility index (Phi) is 3.76. The molecule has 0 aromatic carbocycles. The third kappa shape index (κ3) is 2.58. The number of nitrogens with one attached hydrogen (secondary N) is 1. The molecule has 1 aliphatic heterocycles. The number of nitrogens with two attached hydrogens (primary N) is 1. The van der Waals surface area contributed by atoms with Gasteiger partial charge in [-0.05, 0) is 19.9 Å². The second kappa shape index (κ2) is 5.54. The molecular weight excluding hydrogens is 254 g/mol. The van der Waals surface area contributed by atoms with Crippen LogP contribution in [0.3, 0.4) is 0 Å². The summed E-state index contributed by atoms with van der Waals surface area (Å²) < 4.78 is 0. The standard InChI is InChI=1S/C14H23N5O/c1-16-11-7-19(8-12(11)20)13-6-10(17-14(15)18-13)9-4-2-3-5-9/h6,9,11-12,16,20H,2-5,7-8H2,1H3,(H2,15,17,18)/t11-,12-/m0/s1. The minimum Gasteiger partial charge on any atom is -0.390 e. The number of aliphatic hydroxyl groups excluding tert-OH is 1. The molecule has 1 saturated carbocycles. The van der Waals surface area contributed by atoms with Crippen LogP contribution in [0.15, 0.2) is 6.07 Å². The van der Waals surface area contributed by atoms with Crippen LogP contribution in [0.1, 0.15) is 37.3 Å². The maximum atomic E-state index is 9.99. The van der Waals surface area contributed by atoms with E-state index in [0.717, 1.165) is 18.1 Å². The molecule has 0 radical (unpaired) electrons. The summed E-state index contributed by atoms with van der Waals surface area (Å²) in [4.78, 5) is 10.8. The van der Waals surface area contributed by atoms with E-state index >= 15 is 0 Å². The summed E-state index contributed by atoms with van der Waals surface area (Å²) in [5.41, 5.74) is 6.93. The lowest BCUT2D eigenvalue weighted by Gasteiger charge is -2.19. The van der Waals surface area contributed by atoms with E-state index in [4.69, 9.17) is 5.73 Å². The van der Waals surface area contributed by atoms with Gasteiger partial charge in [0, 0.05) is 25.1 Å². The fourth-order valence-electron chi connectivity index (χ4n) is 3.32. The Bertz CT molecular complexity index is 475. The number of hydrogen-bond acceptors (Lipinski definition) is 6. The molecule has 1 aliphatic carbocycles. The molecule has 20 heavy (non-hydrogen) atoms. The Labute approximate surface area is 119 Å². The van der Waals surface area contributed by atoms with Crippen LogP contribution in [0.25, 0.3) is 0 Å². The lowest BCUT2D eigenvalue weighted by molar-refractivity contribution is 0.168. The van der Waals surface area contributed by atoms with Gasteiger partial charge in [-0.15, -0.1) is 0 Å². The van der Waals surface area contributed by atoms with Crippen LogP contribution in [0, 0.1) is 0 Å². The Morgan fingerprint density at radius 1 is 1.30 bits per heavy atom. The van der Waals surface area contributed by atoms with Crippen molar-refractivity contribution in [1.82, 2.24) is 15.3 Å². The third-order valence-corrected chi connectivity index (χ3v) is 4.51. The molecule has 0 bridgehead atoms. The van der Waals surface area contributed by atoms with Crippen LogP contribution >= 0.6 is 0 Å². The van der Waals surface area contributed by atoms with Gasteiger partial charge in [-0.25, -0.2) is 4.98 Å². The van der Waals surface area contributed by atoms with E-state index in [1.54, 1.807) is 0 Å². The van der Waals surface area contributed by atoms with Crippen molar-refractivity contribution in [2.24, 2.45) is 0 Å². The van der Waals surface area contributed by atoms with E-state index in [1.807, 2.05) is 7.05 Å². The monoisotopic (exact) mass is 277 g/mol. The number of nitrogen functional groups attached to an aromatic ring is 1. The van der Waals surface area contributed by atoms with Crippen molar-refractivity contribution < 1.29 is 5.11 Å². The van der Waals surface area contributed by atoms with Crippen molar-refractivity contribution >= 4 is 11.8 Å². The molecule has 0 spiro atoms. The van der Waals surface area contributed by atoms with Gasteiger partial charge in [0.15, 0.2) is 0 Å². The normalized spacial score (nSPS) is 27.4. The number of aromatic nitrogens is 2. The second-order valence-corrected chi connectivity index (χ2v) is 5.86. The first-order valence-electron chi connectivity index (χ1n) is 7.42. The van der Waals surface area contributed by atoms with Crippen LogP contribution in [-0.2, 0) is 0 Å². The lowest BCUT2D eigenvalue weighted by atomic mass is 10.0. The molecule has 3 rings (SSSR count). The van der Waals surface area contributed by atoms with Crippen LogP contribution < -0.4 is 16.0 Å². The van der Waals surface area contributed by atoms with Gasteiger partial charge in [-0.3, -0.25) is 0 Å². The number of nitrogens with zero attached hydrogens (tertiary/aromatic N) is 3. The Hall–Kier alpha value is -1.40. The van der Waals surface area contributed by atoms with Gasteiger partial charge < -0.3 is 21.1 Å². The summed E-state index contributed by atoms with van der Waals surface area (Å²) in [6.07, 6.45) is 4.56. The smallest absolute Gasteiger partial charge is 0.222 e. The highest BCUT2D eigenvalue weighted by Gasteiger charge is 2.31. The van der Waals surface area contributed by atoms with Crippen molar-refractivity contribution in [3.8, 4) is 0 Å².